The van der Waals surface area contributed by atoms with E-state index in [-0.39, 0.29) is 36.3 Å². The summed E-state index contributed by atoms with van der Waals surface area (Å²) >= 11 is 1.71. The maximum atomic E-state index is 12.6. The molecule has 0 aliphatic rings. The molecule has 0 fully saturated rings. The highest BCUT2D eigenvalue weighted by Gasteiger charge is 2.26. The molecule has 0 bridgehead atoms. The fourth-order valence-corrected chi connectivity index (χ4v) is 4.13. The van der Waals surface area contributed by atoms with E-state index in [1.165, 1.54) is 0 Å². The van der Waals surface area contributed by atoms with Crippen LogP contribution in [-0.4, -0.2) is 27.4 Å². The Balaban J connectivity index is 0.00000225. The zero-order valence-corrected chi connectivity index (χ0v) is 19.9. The Morgan fingerprint density at radius 1 is 1.20 bits per heavy atom. The van der Waals surface area contributed by atoms with Crippen molar-refractivity contribution in [3.8, 4) is 0 Å². The molecular formula is C22H30Cl2N4OS. The van der Waals surface area contributed by atoms with Crippen molar-refractivity contribution < 1.29 is 4.79 Å². The number of benzene rings is 1. The van der Waals surface area contributed by atoms with Crippen molar-refractivity contribution in [2.24, 2.45) is 11.7 Å². The number of carbonyl (C=O) groups excluding carboxylic acids is 1. The Kier molecular flexibility index (Phi) is 10.2. The van der Waals surface area contributed by atoms with Crippen LogP contribution in [0, 0.1) is 5.92 Å². The highest BCUT2D eigenvalue weighted by Crippen LogP contribution is 2.23. The van der Waals surface area contributed by atoms with E-state index >= 15 is 0 Å². The maximum Gasteiger partial charge on any atom is 0.251 e. The van der Waals surface area contributed by atoms with Crippen molar-refractivity contribution in [2.45, 2.75) is 43.4 Å². The topological polar surface area (TPSA) is 72.4 Å². The van der Waals surface area contributed by atoms with Gasteiger partial charge in [0.1, 0.15) is 5.65 Å². The molecular weight excluding hydrogens is 439 g/mol. The summed E-state index contributed by atoms with van der Waals surface area (Å²) in [5.41, 5.74) is 8.16. The molecule has 2 aromatic heterocycles. The predicted octanol–water partition coefficient (Wildman–Crippen LogP) is 4.96. The number of carbonyl (C=O) groups is 1. The molecule has 3 aromatic rings. The first-order valence-electron chi connectivity index (χ1n) is 9.56. The Morgan fingerprint density at radius 2 is 1.90 bits per heavy atom. The van der Waals surface area contributed by atoms with E-state index in [1.54, 1.807) is 11.8 Å². The fourth-order valence-electron chi connectivity index (χ4n) is 3.35. The van der Waals surface area contributed by atoms with E-state index in [2.05, 4.69) is 24.1 Å². The van der Waals surface area contributed by atoms with Crippen molar-refractivity contribution in [1.29, 1.82) is 0 Å². The van der Waals surface area contributed by atoms with Crippen LogP contribution in [0.4, 0.5) is 0 Å². The summed E-state index contributed by atoms with van der Waals surface area (Å²) in [7, 11) is 0. The normalized spacial score (nSPS) is 12.7. The SMILES string of the molecule is CC(C)CC(C)(CN)NC(=O)c1ccc(SCc2cn3ccccc3n2)cc1.Cl.Cl. The van der Waals surface area contributed by atoms with Gasteiger partial charge in [-0.15, -0.1) is 36.6 Å². The van der Waals surface area contributed by atoms with E-state index in [1.807, 2.05) is 66.2 Å². The molecule has 0 aliphatic carbocycles. The Hall–Kier alpha value is -1.73. The summed E-state index contributed by atoms with van der Waals surface area (Å²) in [5.74, 6) is 1.17. The molecule has 5 nitrogen and oxygen atoms in total. The summed E-state index contributed by atoms with van der Waals surface area (Å²) in [4.78, 5) is 18.3. The second-order valence-corrected chi connectivity index (χ2v) is 8.88. The van der Waals surface area contributed by atoms with Gasteiger partial charge in [0.2, 0.25) is 0 Å². The summed E-state index contributed by atoms with van der Waals surface area (Å²) in [6.45, 7) is 6.69. The molecule has 0 saturated carbocycles. The third-order valence-electron chi connectivity index (χ3n) is 4.64. The lowest BCUT2D eigenvalue weighted by Gasteiger charge is -2.31. The standard InChI is InChI=1S/C22H28N4OS.2ClH/c1-16(2)12-22(3,15-23)25-21(27)17-7-9-19(10-8-17)28-14-18-13-26-11-5-4-6-20(26)24-18;;/h4-11,13,16H,12,14-15,23H2,1-3H3,(H,25,27);2*1H. The van der Waals surface area contributed by atoms with Gasteiger partial charge < -0.3 is 15.5 Å². The maximum absolute atomic E-state index is 12.6. The first-order chi connectivity index (χ1) is 13.4. The molecule has 0 saturated heterocycles. The molecule has 0 aliphatic heterocycles. The Labute approximate surface area is 195 Å². The largest absolute Gasteiger partial charge is 0.346 e. The number of fused-ring (bicyclic) bond motifs is 1. The molecule has 3 N–H and O–H groups in total. The molecule has 1 amide bonds. The number of hydrogen-bond acceptors (Lipinski definition) is 4. The minimum Gasteiger partial charge on any atom is -0.346 e. The van der Waals surface area contributed by atoms with E-state index in [0.29, 0.717) is 18.0 Å². The van der Waals surface area contributed by atoms with Crippen LogP contribution >= 0.6 is 36.6 Å². The number of aromatic nitrogens is 2. The van der Waals surface area contributed by atoms with Crippen LogP contribution in [0.5, 0.6) is 0 Å². The van der Waals surface area contributed by atoms with Gasteiger partial charge in [-0.2, -0.15) is 0 Å². The summed E-state index contributed by atoms with van der Waals surface area (Å²) in [6.07, 6.45) is 4.90. The third kappa shape index (κ3) is 6.91. The molecule has 2 heterocycles. The van der Waals surface area contributed by atoms with Gasteiger partial charge in [-0.3, -0.25) is 4.79 Å². The number of thioether (sulfide) groups is 1. The van der Waals surface area contributed by atoms with Gasteiger partial charge in [0, 0.05) is 40.7 Å². The highest BCUT2D eigenvalue weighted by atomic mass is 35.5. The molecule has 3 rings (SSSR count). The predicted molar refractivity (Wildman–Crippen MR) is 130 cm³/mol. The van der Waals surface area contributed by atoms with E-state index in [0.717, 1.165) is 28.4 Å². The van der Waals surface area contributed by atoms with Crippen LogP contribution < -0.4 is 11.1 Å². The van der Waals surface area contributed by atoms with Gasteiger partial charge >= 0.3 is 0 Å². The van der Waals surface area contributed by atoms with Crippen LogP contribution in [0.25, 0.3) is 5.65 Å². The number of nitrogens with zero attached hydrogens (tertiary/aromatic N) is 2. The number of nitrogens with one attached hydrogen (secondary N) is 1. The Morgan fingerprint density at radius 3 is 2.50 bits per heavy atom. The van der Waals surface area contributed by atoms with Crippen LogP contribution in [-0.2, 0) is 5.75 Å². The summed E-state index contributed by atoms with van der Waals surface area (Å²) < 4.78 is 2.02. The number of amides is 1. The number of rotatable bonds is 8. The van der Waals surface area contributed by atoms with Gasteiger partial charge in [-0.25, -0.2) is 4.98 Å². The molecule has 164 valence electrons. The number of hydrogen-bond donors (Lipinski definition) is 2. The number of nitrogens with two attached hydrogens (primary N) is 1. The van der Waals surface area contributed by atoms with Crippen molar-refractivity contribution in [2.75, 3.05) is 6.54 Å². The fraction of sp³-hybridized carbons (Fsp3) is 0.364. The minimum absolute atomic E-state index is 0. The molecule has 1 aromatic carbocycles. The van der Waals surface area contributed by atoms with Crippen LogP contribution in [0.3, 0.4) is 0 Å². The second kappa shape index (κ2) is 11.6. The summed E-state index contributed by atoms with van der Waals surface area (Å²) in [5, 5.41) is 3.10. The van der Waals surface area contributed by atoms with Crippen LogP contribution in [0.1, 0.15) is 43.2 Å². The van der Waals surface area contributed by atoms with Crippen molar-refractivity contribution in [1.82, 2.24) is 14.7 Å². The van der Waals surface area contributed by atoms with Gasteiger partial charge in [-0.1, -0.05) is 19.9 Å². The average molecular weight is 469 g/mol. The van der Waals surface area contributed by atoms with Gasteiger partial charge in [-0.05, 0) is 55.7 Å². The number of pyridine rings is 1. The van der Waals surface area contributed by atoms with Crippen molar-refractivity contribution >= 4 is 48.1 Å². The first kappa shape index (κ1) is 26.3. The lowest BCUT2D eigenvalue weighted by molar-refractivity contribution is 0.0898. The molecule has 8 heteroatoms. The molecule has 1 atom stereocenters. The van der Waals surface area contributed by atoms with E-state index in [4.69, 9.17) is 5.73 Å². The highest BCUT2D eigenvalue weighted by molar-refractivity contribution is 7.98. The third-order valence-corrected chi connectivity index (χ3v) is 5.69. The van der Waals surface area contributed by atoms with Crippen molar-refractivity contribution in [3.63, 3.8) is 0 Å². The van der Waals surface area contributed by atoms with Crippen molar-refractivity contribution in [3.05, 3.63) is 66.1 Å². The van der Waals surface area contributed by atoms with Gasteiger partial charge in [0.05, 0.1) is 5.69 Å². The second-order valence-electron chi connectivity index (χ2n) is 7.83. The smallest absolute Gasteiger partial charge is 0.251 e. The molecule has 1 unspecified atom stereocenters. The lowest BCUT2D eigenvalue weighted by Crippen LogP contribution is -2.52. The molecule has 0 spiro atoms. The summed E-state index contributed by atoms with van der Waals surface area (Å²) in [6, 6.07) is 13.7. The van der Waals surface area contributed by atoms with Crippen LogP contribution in [0.2, 0.25) is 0 Å². The van der Waals surface area contributed by atoms with Gasteiger partial charge in [0.15, 0.2) is 0 Å². The lowest BCUT2D eigenvalue weighted by atomic mass is 9.90. The first-order valence-corrected chi connectivity index (χ1v) is 10.6. The zero-order valence-electron chi connectivity index (χ0n) is 17.5. The van der Waals surface area contributed by atoms with Gasteiger partial charge in [0.25, 0.3) is 5.91 Å². The zero-order chi connectivity index (χ0) is 20.1. The quantitative estimate of drug-likeness (QED) is 0.458. The number of halogens is 2. The Bertz CT molecular complexity index is 913. The average Bonchev–Trinajstić information content (AvgIpc) is 3.09. The monoisotopic (exact) mass is 468 g/mol. The van der Waals surface area contributed by atoms with Crippen LogP contribution in [0.15, 0.2) is 59.8 Å². The van der Waals surface area contributed by atoms with E-state index < -0.39 is 0 Å². The molecule has 30 heavy (non-hydrogen) atoms. The molecule has 0 radical (unpaired) electrons. The minimum atomic E-state index is -0.387. The van der Waals surface area contributed by atoms with E-state index in [9.17, 15) is 4.79 Å². The number of imidazole rings is 1.